The molecule has 1 aromatic carbocycles. The Labute approximate surface area is 127 Å². The maximum absolute atomic E-state index is 11.9. The molecule has 1 aliphatic rings. The lowest BCUT2D eigenvalue weighted by Gasteiger charge is -2.14. The first kappa shape index (κ1) is 15.8. The molecule has 0 spiro atoms. The van der Waals surface area contributed by atoms with Crippen molar-refractivity contribution in [2.45, 2.75) is 29.9 Å². The van der Waals surface area contributed by atoms with Gasteiger partial charge in [-0.25, -0.2) is 22.0 Å². The zero-order valence-electron chi connectivity index (χ0n) is 10.4. The molecule has 1 saturated carbocycles. The van der Waals surface area contributed by atoms with E-state index in [0.717, 1.165) is 6.07 Å². The van der Waals surface area contributed by atoms with Crippen LogP contribution in [0.2, 0.25) is 10.0 Å². The van der Waals surface area contributed by atoms with Crippen molar-refractivity contribution in [3.8, 4) is 0 Å². The largest absolute Gasteiger partial charge is 0.280 e. The highest BCUT2D eigenvalue weighted by molar-refractivity contribution is 7.93. The third-order valence-corrected chi connectivity index (χ3v) is 6.57. The van der Waals surface area contributed by atoms with E-state index in [9.17, 15) is 16.8 Å². The molecule has 0 amide bonds. The van der Waals surface area contributed by atoms with E-state index in [4.69, 9.17) is 28.3 Å². The van der Waals surface area contributed by atoms with E-state index < -0.39 is 25.3 Å². The van der Waals surface area contributed by atoms with Gasteiger partial charge in [0.2, 0.25) is 20.0 Å². The first-order valence-electron chi connectivity index (χ1n) is 5.57. The number of primary sulfonamides is 1. The van der Waals surface area contributed by atoms with Crippen LogP contribution in [-0.2, 0) is 20.0 Å². The normalized spacial score (nSPS) is 16.2. The van der Waals surface area contributed by atoms with Gasteiger partial charge in [0.05, 0.1) is 25.9 Å². The molecular formula is C10H12Cl2N2O4S2. The van der Waals surface area contributed by atoms with Crippen LogP contribution in [0.1, 0.15) is 18.4 Å². The second-order valence-electron chi connectivity index (χ2n) is 4.56. The summed E-state index contributed by atoms with van der Waals surface area (Å²) in [5.74, 6) is 0. The molecule has 20 heavy (non-hydrogen) atoms. The first-order chi connectivity index (χ1) is 9.04. The van der Waals surface area contributed by atoms with Gasteiger partial charge in [0, 0.05) is 0 Å². The van der Waals surface area contributed by atoms with E-state index in [1.54, 1.807) is 0 Å². The predicted molar refractivity (Wildman–Crippen MR) is 78.1 cm³/mol. The van der Waals surface area contributed by atoms with Gasteiger partial charge in [-0.05, 0) is 31.4 Å². The summed E-state index contributed by atoms with van der Waals surface area (Å²) in [4.78, 5) is -0.234. The van der Waals surface area contributed by atoms with Crippen molar-refractivity contribution < 1.29 is 16.8 Å². The van der Waals surface area contributed by atoms with Crippen molar-refractivity contribution in [2.24, 2.45) is 5.14 Å². The number of sulfonamides is 2. The zero-order chi connectivity index (χ0) is 15.3. The summed E-state index contributed by atoms with van der Waals surface area (Å²) in [5.41, 5.74) is 0.122. The summed E-state index contributed by atoms with van der Waals surface area (Å²) in [6.07, 6.45) is 1.16. The summed E-state index contributed by atoms with van der Waals surface area (Å²) in [7, 11) is -7.54. The molecule has 0 aliphatic heterocycles. The molecule has 3 N–H and O–H groups in total. The lowest BCUT2D eigenvalue weighted by Crippen LogP contribution is -2.19. The molecule has 112 valence electrons. The monoisotopic (exact) mass is 358 g/mol. The highest BCUT2D eigenvalue weighted by Gasteiger charge is 2.36. The van der Waals surface area contributed by atoms with Crippen LogP contribution in [0.25, 0.3) is 0 Å². The minimum atomic E-state index is -3.99. The molecular weight excluding hydrogens is 347 g/mol. The summed E-state index contributed by atoms with van der Waals surface area (Å²) in [5, 5.41) is 4.40. The van der Waals surface area contributed by atoms with Gasteiger partial charge in [-0.3, -0.25) is 4.72 Å². The van der Waals surface area contributed by atoms with Gasteiger partial charge in [-0.15, -0.1) is 0 Å². The highest BCUT2D eigenvalue weighted by atomic mass is 35.5. The average Bonchev–Trinajstić information content (AvgIpc) is 3.12. The minimum Gasteiger partial charge on any atom is -0.280 e. The molecule has 0 radical (unpaired) electrons. The summed E-state index contributed by atoms with van der Waals surface area (Å²) >= 11 is 11.9. The van der Waals surface area contributed by atoms with Crippen LogP contribution < -0.4 is 9.86 Å². The van der Waals surface area contributed by atoms with E-state index >= 15 is 0 Å². The molecule has 0 bridgehead atoms. The fourth-order valence-corrected chi connectivity index (χ4v) is 4.70. The smallest absolute Gasteiger partial charge is 0.238 e. The Morgan fingerprint density at radius 2 is 1.80 bits per heavy atom. The number of nitrogens with two attached hydrogens (primary N) is 1. The molecule has 0 saturated heterocycles. The van der Waals surface area contributed by atoms with Gasteiger partial charge in [-0.2, -0.15) is 0 Å². The van der Waals surface area contributed by atoms with Crippen LogP contribution in [0.3, 0.4) is 0 Å². The maximum atomic E-state index is 11.9. The third-order valence-electron chi connectivity index (χ3n) is 2.93. The van der Waals surface area contributed by atoms with Gasteiger partial charge in [0.1, 0.15) is 0 Å². The average molecular weight is 359 g/mol. The van der Waals surface area contributed by atoms with Gasteiger partial charge in [0.25, 0.3) is 0 Å². The van der Waals surface area contributed by atoms with Crippen molar-refractivity contribution in [3.63, 3.8) is 0 Å². The number of hydrogen-bond acceptors (Lipinski definition) is 4. The fourth-order valence-electron chi connectivity index (χ4n) is 1.69. The number of rotatable bonds is 4. The molecule has 0 heterocycles. The molecule has 10 heteroatoms. The molecule has 1 fully saturated rings. The van der Waals surface area contributed by atoms with Crippen LogP contribution in [0.5, 0.6) is 0 Å². The van der Waals surface area contributed by atoms with Crippen LogP contribution in [-0.4, -0.2) is 22.1 Å². The summed E-state index contributed by atoms with van der Waals surface area (Å²) in [6, 6.07) is 1.09. The minimum absolute atomic E-state index is 0.0230. The lowest BCUT2D eigenvalue weighted by molar-refractivity contribution is 0.597. The maximum Gasteiger partial charge on any atom is 0.238 e. The number of anilines is 1. The van der Waals surface area contributed by atoms with E-state index in [1.165, 1.54) is 6.92 Å². The Balaban J connectivity index is 2.54. The van der Waals surface area contributed by atoms with Crippen LogP contribution in [0.4, 0.5) is 5.69 Å². The number of nitrogens with one attached hydrogen (secondary N) is 1. The zero-order valence-corrected chi connectivity index (χ0v) is 13.5. The van der Waals surface area contributed by atoms with Crippen molar-refractivity contribution in [1.29, 1.82) is 0 Å². The number of hydrogen-bond donors (Lipinski definition) is 2. The molecule has 0 atom stereocenters. The van der Waals surface area contributed by atoms with Crippen molar-refractivity contribution in [2.75, 3.05) is 4.72 Å². The SMILES string of the molecule is Cc1c(S(N)(=O)=O)cc(Cl)c(NS(=O)(=O)C2CC2)c1Cl. The Bertz CT molecular complexity index is 771. The van der Waals surface area contributed by atoms with Crippen LogP contribution >= 0.6 is 23.2 Å². The van der Waals surface area contributed by atoms with Gasteiger partial charge in [0.15, 0.2) is 0 Å². The topological polar surface area (TPSA) is 106 Å². The molecule has 6 nitrogen and oxygen atoms in total. The third kappa shape index (κ3) is 3.04. The molecule has 0 aromatic heterocycles. The molecule has 1 aliphatic carbocycles. The van der Waals surface area contributed by atoms with Crippen molar-refractivity contribution in [1.82, 2.24) is 0 Å². The Morgan fingerprint density at radius 3 is 2.25 bits per heavy atom. The van der Waals surface area contributed by atoms with Gasteiger partial charge >= 0.3 is 0 Å². The second-order valence-corrected chi connectivity index (χ2v) is 8.84. The quantitative estimate of drug-likeness (QED) is 0.856. The summed E-state index contributed by atoms with van der Waals surface area (Å²) < 4.78 is 48.9. The molecule has 1 aromatic rings. The highest BCUT2D eigenvalue weighted by Crippen LogP contribution is 2.39. The molecule has 0 unspecified atom stereocenters. The second kappa shape index (κ2) is 5.03. The molecule has 2 rings (SSSR count). The van der Waals surface area contributed by atoms with E-state index in [0.29, 0.717) is 12.8 Å². The number of benzene rings is 1. The van der Waals surface area contributed by atoms with Gasteiger partial charge < -0.3 is 0 Å². The Hall–Kier alpha value is -0.540. The van der Waals surface area contributed by atoms with Crippen molar-refractivity contribution >= 4 is 48.9 Å². The summed E-state index contributed by atoms with van der Waals surface area (Å²) in [6.45, 7) is 1.42. The standard InChI is InChI=1S/C10H12Cl2N2O4S2/c1-5-8(19(13,15)16)4-7(11)10(9(5)12)14-20(17,18)6-2-3-6/h4,6,14H,2-3H2,1H3,(H2,13,15,16). The Kier molecular flexibility index (Phi) is 3.98. The van der Waals surface area contributed by atoms with Crippen molar-refractivity contribution in [3.05, 3.63) is 21.7 Å². The van der Waals surface area contributed by atoms with Gasteiger partial charge in [-0.1, -0.05) is 23.2 Å². The first-order valence-corrected chi connectivity index (χ1v) is 9.42. The number of halogens is 2. The Morgan fingerprint density at radius 1 is 1.25 bits per heavy atom. The van der Waals surface area contributed by atoms with E-state index in [1.807, 2.05) is 0 Å². The fraction of sp³-hybridized carbons (Fsp3) is 0.400. The van der Waals surface area contributed by atoms with E-state index in [-0.39, 0.29) is 26.2 Å². The van der Waals surface area contributed by atoms with Crippen LogP contribution in [0.15, 0.2) is 11.0 Å². The van der Waals surface area contributed by atoms with Crippen LogP contribution in [0, 0.1) is 6.92 Å². The lowest BCUT2D eigenvalue weighted by atomic mass is 10.2. The predicted octanol–water partition coefficient (Wildman–Crippen LogP) is 1.85. The van der Waals surface area contributed by atoms with E-state index in [2.05, 4.69) is 4.72 Å².